The fourth-order valence-electron chi connectivity index (χ4n) is 7.30. The van der Waals surface area contributed by atoms with E-state index in [-0.39, 0.29) is 40.3 Å². The highest BCUT2D eigenvalue weighted by Gasteiger charge is 2.42. The first-order valence-corrected chi connectivity index (χ1v) is 19.3. The van der Waals surface area contributed by atoms with Crippen molar-refractivity contribution < 1.29 is 19.1 Å². The van der Waals surface area contributed by atoms with Crippen molar-refractivity contribution in [3.63, 3.8) is 0 Å². The summed E-state index contributed by atoms with van der Waals surface area (Å²) in [4.78, 5) is 40.2. The highest BCUT2D eigenvalue weighted by Crippen LogP contribution is 2.42. The second-order valence-corrected chi connectivity index (χ2v) is 16.2. The van der Waals surface area contributed by atoms with E-state index in [0.29, 0.717) is 6.61 Å². The molecule has 1 unspecified atom stereocenters. The zero-order valence-corrected chi connectivity index (χ0v) is 34.3. The van der Waals surface area contributed by atoms with Crippen LogP contribution >= 0.6 is 0 Å². The maximum absolute atomic E-state index is 13.6. The van der Waals surface area contributed by atoms with Gasteiger partial charge in [-0.3, -0.25) is 19.3 Å². The predicted octanol–water partition coefficient (Wildman–Crippen LogP) is 11.0. The number of ketones is 2. The number of nitrogens with zero attached hydrogens (tertiary/aromatic N) is 1. The van der Waals surface area contributed by atoms with Gasteiger partial charge in [-0.1, -0.05) is 135 Å². The molecule has 5 heteroatoms. The van der Waals surface area contributed by atoms with Gasteiger partial charge in [-0.05, 0) is 120 Å². The van der Waals surface area contributed by atoms with E-state index in [0.717, 1.165) is 83.4 Å². The molecule has 3 aliphatic rings. The first-order valence-electron chi connectivity index (χ1n) is 19.3. The van der Waals surface area contributed by atoms with Crippen LogP contribution in [0.15, 0.2) is 130 Å². The molecule has 1 aliphatic heterocycles. The van der Waals surface area contributed by atoms with Crippen LogP contribution in [0.4, 0.5) is 0 Å². The number of ether oxygens (including phenoxy) is 1. The molecule has 1 fully saturated rings. The lowest BCUT2D eigenvalue weighted by atomic mass is 9.69. The minimum absolute atomic E-state index is 0.0280. The quantitative estimate of drug-likeness (QED) is 0.140. The highest BCUT2D eigenvalue weighted by molar-refractivity contribution is 6.03. The number of likely N-dealkylation sites (tertiary alicyclic amines) is 1. The Morgan fingerprint density at radius 3 is 1.72 bits per heavy atom. The molecule has 1 radical (unpaired) electrons. The third kappa shape index (κ3) is 12.8. The minimum atomic E-state index is -0.139. The summed E-state index contributed by atoms with van der Waals surface area (Å²) in [6.07, 6.45) is 34.0. The molecule has 0 bridgehead atoms. The molecule has 5 nitrogen and oxygen atoms in total. The number of Topliss-reactive ketones (excluding diaryl/α,β-unsaturated/α-hetero) is 2. The van der Waals surface area contributed by atoms with Gasteiger partial charge in [0.2, 0.25) is 0 Å². The summed E-state index contributed by atoms with van der Waals surface area (Å²) in [5, 5.41) is 0. The zero-order chi connectivity index (χ0) is 39.3. The number of allylic oxidation sites excluding steroid dienone is 21. The lowest BCUT2D eigenvalue weighted by molar-refractivity contribution is -0.150. The Morgan fingerprint density at radius 2 is 1.21 bits per heavy atom. The average Bonchev–Trinajstić information content (AvgIpc) is 3.10. The van der Waals surface area contributed by atoms with E-state index in [9.17, 15) is 14.4 Å². The van der Waals surface area contributed by atoms with Gasteiger partial charge in [0.05, 0.1) is 18.6 Å². The molecule has 0 spiro atoms. The molecule has 285 valence electrons. The number of rotatable bonds is 13. The molecular formula is C48H64NO4. The largest absolute Gasteiger partial charge is 0.466 e. The molecular weight excluding hydrogens is 655 g/mol. The van der Waals surface area contributed by atoms with Gasteiger partial charge in [0.1, 0.15) is 0 Å². The SMILES string of the molecule is CCOC(=O)C1CCN(C2CC(C)(C)C(C=CC(C)=CC=CC(C)=CC=CC=C(C)C=CC=C(C)C=CC3=C(C)C(=O)[CH]CC3(C)C)=C(C)C2=O)CC1. The van der Waals surface area contributed by atoms with Crippen molar-refractivity contribution in [2.75, 3.05) is 19.7 Å². The molecule has 0 aromatic rings. The summed E-state index contributed by atoms with van der Waals surface area (Å²) in [5.41, 5.74) is 8.26. The molecule has 2 aliphatic carbocycles. The van der Waals surface area contributed by atoms with Crippen molar-refractivity contribution in [1.29, 1.82) is 0 Å². The summed E-state index contributed by atoms with van der Waals surface area (Å²) in [6, 6.07) is -0.139. The van der Waals surface area contributed by atoms with Crippen molar-refractivity contribution in [3.8, 4) is 0 Å². The molecule has 1 saturated heterocycles. The Labute approximate surface area is 321 Å². The number of hydrogen-bond acceptors (Lipinski definition) is 5. The first-order chi connectivity index (χ1) is 25.0. The zero-order valence-electron chi connectivity index (χ0n) is 34.3. The highest BCUT2D eigenvalue weighted by atomic mass is 16.5. The molecule has 53 heavy (non-hydrogen) atoms. The van der Waals surface area contributed by atoms with Crippen LogP contribution in [0.3, 0.4) is 0 Å². The van der Waals surface area contributed by atoms with Gasteiger partial charge < -0.3 is 4.74 Å². The summed E-state index contributed by atoms with van der Waals surface area (Å²) in [7, 11) is 0. The Balaban J connectivity index is 1.53. The smallest absolute Gasteiger partial charge is 0.309 e. The second-order valence-electron chi connectivity index (χ2n) is 16.2. The number of esters is 1. The molecule has 1 atom stereocenters. The van der Waals surface area contributed by atoms with E-state index in [2.05, 4.69) is 133 Å². The maximum Gasteiger partial charge on any atom is 0.309 e. The summed E-state index contributed by atoms with van der Waals surface area (Å²) in [6.45, 7) is 24.8. The van der Waals surface area contributed by atoms with Crippen molar-refractivity contribution in [3.05, 3.63) is 136 Å². The van der Waals surface area contributed by atoms with Gasteiger partial charge in [0.25, 0.3) is 0 Å². The van der Waals surface area contributed by atoms with Gasteiger partial charge in [-0.2, -0.15) is 0 Å². The standard InChI is InChI=1S/C48H64NO4/c1-12-53-46(52)40-28-31-49(32-29-40)43-33-48(10,11)42(39(7)45(43)51)26-24-37(5)22-16-20-35(3)18-14-13-17-34(2)19-15-21-36(4)23-25-41-38(6)44(50)27-30-47(41,8)9/h13-27,40,43H,12,28-33H2,1-11H3. The van der Waals surface area contributed by atoms with Gasteiger partial charge in [-0.25, -0.2) is 0 Å². The second kappa shape index (κ2) is 19.8. The monoisotopic (exact) mass is 718 g/mol. The molecule has 3 rings (SSSR count). The van der Waals surface area contributed by atoms with Gasteiger partial charge >= 0.3 is 5.97 Å². The third-order valence-corrected chi connectivity index (χ3v) is 10.7. The number of carbonyl (C=O) groups excluding carboxylic acids is 3. The van der Waals surface area contributed by atoms with E-state index >= 15 is 0 Å². The minimum Gasteiger partial charge on any atom is -0.466 e. The number of carbonyl (C=O) groups is 3. The Kier molecular flexibility index (Phi) is 16.2. The molecule has 0 aromatic carbocycles. The van der Waals surface area contributed by atoms with Crippen molar-refractivity contribution in [2.24, 2.45) is 16.7 Å². The first kappa shape index (κ1) is 43.3. The maximum atomic E-state index is 13.6. The van der Waals surface area contributed by atoms with Gasteiger partial charge in [0.15, 0.2) is 11.6 Å². The topological polar surface area (TPSA) is 63.7 Å². The normalized spacial score (nSPS) is 23.3. The van der Waals surface area contributed by atoms with Crippen LogP contribution in [0.2, 0.25) is 0 Å². The number of hydrogen-bond donors (Lipinski definition) is 0. The van der Waals surface area contributed by atoms with Crippen molar-refractivity contribution in [2.45, 2.75) is 108 Å². The van der Waals surface area contributed by atoms with Crippen molar-refractivity contribution >= 4 is 17.5 Å². The van der Waals surface area contributed by atoms with E-state index in [1.807, 2.05) is 32.9 Å². The molecule has 1 heterocycles. The third-order valence-electron chi connectivity index (χ3n) is 10.7. The van der Waals surface area contributed by atoms with Crippen LogP contribution in [-0.2, 0) is 19.1 Å². The van der Waals surface area contributed by atoms with E-state index in [1.54, 1.807) is 6.42 Å². The summed E-state index contributed by atoms with van der Waals surface area (Å²) >= 11 is 0. The van der Waals surface area contributed by atoms with Crippen LogP contribution < -0.4 is 0 Å². The van der Waals surface area contributed by atoms with Gasteiger partial charge in [0, 0.05) is 6.42 Å². The molecule has 0 N–H and O–H groups in total. The molecule has 0 amide bonds. The van der Waals surface area contributed by atoms with Crippen LogP contribution in [0, 0.1) is 23.2 Å². The van der Waals surface area contributed by atoms with Crippen molar-refractivity contribution in [1.82, 2.24) is 4.90 Å². The summed E-state index contributed by atoms with van der Waals surface area (Å²) in [5.74, 6) is 0.181. The molecule has 0 aromatic heterocycles. The van der Waals surface area contributed by atoms with Crippen LogP contribution in [0.1, 0.15) is 102 Å². The summed E-state index contributed by atoms with van der Waals surface area (Å²) < 4.78 is 5.23. The van der Waals surface area contributed by atoms with Crippen LogP contribution in [0.5, 0.6) is 0 Å². The lowest BCUT2D eigenvalue weighted by Gasteiger charge is -2.43. The van der Waals surface area contributed by atoms with E-state index < -0.39 is 0 Å². The van der Waals surface area contributed by atoms with Gasteiger partial charge in [-0.15, -0.1) is 0 Å². The molecule has 0 saturated carbocycles. The number of piperidine rings is 1. The average molecular weight is 719 g/mol. The fraction of sp³-hybridized carbons (Fsp3) is 0.458. The Hall–Kier alpha value is -4.09. The fourth-order valence-corrected chi connectivity index (χ4v) is 7.30. The lowest BCUT2D eigenvalue weighted by Crippen LogP contribution is -2.51. The van der Waals surface area contributed by atoms with E-state index in [1.165, 1.54) is 0 Å². The van der Waals surface area contributed by atoms with E-state index in [4.69, 9.17) is 4.74 Å². The van der Waals surface area contributed by atoms with Crippen LogP contribution in [0.25, 0.3) is 0 Å². The van der Waals surface area contributed by atoms with Crippen LogP contribution in [-0.4, -0.2) is 48.2 Å². The predicted molar refractivity (Wildman–Crippen MR) is 222 cm³/mol. The Bertz CT molecular complexity index is 1710. The Morgan fingerprint density at radius 1 is 0.736 bits per heavy atom.